The minimum absolute atomic E-state index is 0.117. The number of hydrogen-bond donors (Lipinski definition) is 2. The second kappa shape index (κ2) is 6.30. The molecule has 1 atom stereocenters. The monoisotopic (exact) mass is 216 g/mol. The Morgan fingerprint density at radius 3 is 2.86 bits per heavy atom. The highest BCUT2D eigenvalue weighted by atomic mass is 32.2. The highest BCUT2D eigenvalue weighted by molar-refractivity contribution is 7.99. The molecule has 0 aliphatic heterocycles. The molecule has 1 saturated carbocycles. The van der Waals surface area contributed by atoms with Crippen molar-refractivity contribution in [3.8, 4) is 0 Å². The number of hydrogen-bond acceptors (Lipinski definition) is 3. The maximum atomic E-state index is 11.3. The molecule has 1 fully saturated rings. The maximum Gasteiger partial charge on any atom is 0.233 e. The topological polar surface area (TPSA) is 41.1 Å². The summed E-state index contributed by atoms with van der Waals surface area (Å²) in [5.74, 6) is 0.958. The highest BCUT2D eigenvalue weighted by Crippen LogP contribution is 2.27. The van der Waals surface area contributed by atoms with Crippen molar-refractivity contribution in [1.82, 2.24) is 10.6 Å². The van der Waals surface area contributed by atoms with Crippen molar-refractivity contribution in [2.24, 2.45) is 5.92 Å². The van der Waals surface area contributed by atoms with Crippen LogP contribution in [-0.2, 0) is 4.79 Å². The zero-order valence-corrected chi connectivity index (χ0v) is 9.82. The summed E-state index contributed by atoms with van der Waals surface area (Å²) >= 11 is 1.77. The molecule has 3 nitrogen and oxygen atoms in total. The van der Waals surface area contributed by atoms with Gasteiger partial charge < -0.3 is 10.6 Å². The van der Waals surface area contributed by atoms with E-state index >= 15 is 0 Å². The first kappa shape index (κ1) is 11.9. The van der Waals surface area contributed by atoms with E-state index in [-0.39, 0.29) is 5.91 Å². The predicted octanol–water partition coefficient (Wildman–Crippen LogP) is 0.854. The lowest BCUT2D eigenvalue weighted by Crippen LogP contribution is -2.37. The Morgan fingerprint density at radius 1 is 1.57 bits per heavy atom. The van der Waals surface area contributed by atoms with E-state index in [1.807, 2.05) is 0 Å². The third-order valence-electron chi connectivity index (χ3n) is 2.40. The fourth-order valence-corrected chi connectivity index (χ4v) is 1.37. The molecule has 0 radical (unpaired) electrons. The number of amides is 1. The van der Waals surface area contributed by atoms with Crippen LogP contribution in [0.5, 0.6) is 0 Å². The SMILES string of the molecule is CSC(C)CNC(=O)CNCC1CC1. The molecule has 82 valence electrons. The number of carbonyl (C=O) groups excluding carboxylic acids is 1. The van der Waals surface area contributed by atoms with E-state index in [2.05, 4.69) is 23.8 Å². The van der Waals surface area contributed by atoms with Crippen LogP contribution in [0.2, 0.25) is 0 Å². The normalized spacial score (nSPS) is 17.9. The van der Waals surface area contributed by atoms with Crippen LogP contribution in [-0.4, -0.2) is 37.0 Å². The molecule has 1 amide bonds. The second-order valence-corrected chi connectivity index (χ2v) is 5.20. The third-order valence-corrected chi connectivity index (χ3v) is 3.38. The lowest BCUT2D eigenvalue weighted by molar-refractivity contribution is -0.120. The minimum Gasteiger partial charge on any atom is -0.354 e. The van der Waals surface area contributed by atoms with Gasteiger partial charge in [-0.1, -0.05) is 6.92 Å². The van der Waals surface area contributed by atoms with Crippen LogP contribution >= 0.6 is 11.8 Å². The molecule has 4 heteroatoms. The van der Waals surface area contributed by atoms with Gasteiger partial charge in [0.05, 0.1) is 6.54 Å². The largest absolute Gasteiger partial charge is 0.354 e. The summed E-state index contributed by atoms with van der Waals surface area (Å²) in [4.78, 5) is 11.3. The van der Waals surface area contributed by atoms with Gasteiger partial charge in [0, 0.05) is 11.8 Å². The van der Waals surface area contributed by atoms with Crippen LogP contribution in [0.4, 0.5) is 0 Å². The van der Waals surface area contributed by atoms with E-state index in [1.54, 1.807) is 11.8 Å². The number of carbonyl (C=O) groups is 1. The Bertz CT molecular complexity index is 183. The Kier molecular flexibility index (Phi) is 5.33. The van der Waals surface area contributed by atoms with E-state index in [0.717, 1.165) is 19.0 Å². The fraction of sp³-hybridized carbons (Fsp3) is 0.900. The zero-order valence-electron chi connectivity index (χ0n) is 9.01. The molecule has 1 unspecified atom stereocenters. The standard InChI is InChI=1S/C10H20N2OS/c1-8(14-2)5-12-10(13)7-11-6-9-3-4-9/h8-9,11H,3-7H2,1-2H3,(H,12,13). The van der Waals surface area contributed by atoms with Crippen LogP contribution in [0.3, 0.4) is 0 Å². The maximum absolute atomic E-state index is 11.3. The smallest absolute Gasteiger partial charge is 0.233 e. The van der Waals surface area contributed by atoms with Gasteiger partial charge in [-0.25, -0.2) is 0 Å². The van der Waals surface area contributed by atoms with Crippen LogP contribution in [0.1, 0.15) is 19.8 Å². The van der Waals surface area contributed by atoms with Crippen molar-refractivity contribution in [2.45, 2.75) is 25.0 Å². The van der Waals surface area contributed by atoms with Crippen molar-refractivity contribution in [2.75, 3.05) is 25.9 Å². The van der Waals surface area contributed by atoms with Gasteiger partial charge in [0.25, 0.3) is 0 Å². The Labute approximate surface area is 90.4 Å². The van der Waals surface area contributed by atoms with Crippen molar-refractivity contribution in [1.29, 1.82) is 0 Å². The molecule has 0 aromatic rings. The van der Waals surface area contributed by atoms with Gasteiger partial charge in [0.2, 0.25) is 5.91 Å². The van der Waals surface area contributed by atoms with Gasteiger partial charge in [0.15, 0.2) is 0 Å². The van der Waals surface area contributed by atoms with E-state index in [9.17, 15) is 4.79 Å². The Hall–Kier alpha value is -0.220. The van der Waals surface area contributed by atoms with Crippen LogP contribution in [0.25, 0.3) is 0 Å². The molecule has 2 N–H and O–H groups in total. The van der Waals surface area contributed by atoms with Crippen molar-refractivity contribution in [3.63, 3.8) is 0 Å². The summed E-state index contributed by atoms with van der Waals surface area (Å²) < 4.78 is 0. The molecule has 0 saturated heterocycles. The average molecular weight is 216 g/mol. The summed E-state index contributed by atoms with van der Waals surface area (Å²) in [5, 5.41) is 6.58. The van der Waals surface area contributed by atoms with Gasteiger partial charge in [-0.2, -0.15) is 11.8 Å². The molecular weight excluding hydrogens is 196 g/mol. The number of rotatable bonds is 7. The molecule has 0 aromatic heterocycles. The van der Waals surface area contributed by atoms with E-state index in [4.69, 9.17) is 0 Å². The quantitative estimate of drug-likeness (QED) is 0.663. The Morgan fingerprint density at radius 2 is 2.29 bits per heavy atom. The summed E-state index contributed by atoms with van der Waals surface area (Å²) in [6, 6.07) is 0. The fourth-order valence-electron chi connectivity index (χ4n) is 1.12. The van der Waals surface area contributed by atoms with Crippen molar-refractivity contribution >= 4 is 17.7 Å². The zero-order chi connectivity index (χ0) is 10.4. The minimum atomic E-state index is 0.117. The summed E-state index contributed by atoms with van der Waals surface area (Å²) in [6.07, 6.45) is 4.72. The van der Waals surface area contributed by atoms with Crippen LogP contribution in [0.15, 0.2) is 0 Å². The molecule has 1 rings (SSSR count). The molecule has 1 aliphatic carbocycles. The molecule has 0 heterocycles. The van der Waals surface area contributed by atoms with Crippen LogP contribution < -0.4 is 10.6 Å². The molecular formula is C10H20N2OS. The van der Waals surface area contributed by atoms with E-state index < -0.39 is 0 Å². The van der Waals surface area contributed by atoms with Gasteiger partial charge in [0.1, 0.15) is 0 Å². The predicted molar refractivity (Wildman–Crippen MR) is 61.6 cm³/mol. The van der Waals surface area contributed by atoms with Crippen LogP contribution in [0, 0.1) is 5.92 Å². The van der Waals surface area contributed by atoms with Crippen molar-refractivity contribution in [3.05, 3.63) is 0 Å². The van der Waals surface area contributed by atoms with Gasteiger partial charge in [-0.15, -0.1) is 0 Å². The molecule has 1 aliphatic rings. The first-order chi connectivity index (χ1) is 6.72. The van der Waals surface area contributed by atoms with E-state index in [1.165, 1.54) is 12.8 Å². The summed E-state index contributed by atoms with van der Waals surface area (Å²) in [7, 11) is 0. The Balaban J connectivity index is 1.92. The average Bonchev–Trinajstić information content (AvgIpc) is 2.98. The number of nitrogens with one attached hydrogen (secondary N) is 2. The lowest BCUT2D eigenvalue weighted by atomic mass is 10.4. The van der Waals surface area contributed by atoms with Gasteiger partial charge >= 0.3 is 0 Å². The molecule has 0 aromatic carbocycles. The molecule has 0 bridgehead atoms. The highest BCUT2D eigenvalue weighted by Gasteiger charge is 2.20. The molecule has 14 heavy (non-hydrogen) atoms. The first-order valence-electron chi connectivity index (χ1n) is 5.22. The third kappa shape index (κ3) is 5.50. The van der Waals surface area contributed by atoms with Crippen molar-refractivity contribution < 1.29 is 4.79 Å². The van der Waals surface area contributed by atoms with E-state index in [0.29, 0.717) is 11.8 Å². The summed E-state index contributed by atoms with van der Waals surface area (Å²) in [5.41, 5.74) is 0. The molecule has 0 spiro atoms. The first-order valence-corrected chi connectivity index (χ1v) is 6.51. The second-order valence-electron chi connectivity index (χ2n) is 3.92. The van der Waals surface area contributed by atoms with Gasteiger partial charge in [-0.3, -0.25) is 4.79 Å². The lowest BCUT2D eigenvalue weighted by Gasteiger charge is -2.10. The summed E-state index contributed by atoms with van der Waals surface area (Å²) in [6.45, 7) is 4.36. The van der Waals surface area contributed by atoms with Gasteiger partial charge in [-0.05, 0) is 31.6 Å². The number of thioether (sulfide) groups is 1.